The van der Waals surface area contributed by atoms with Crippen LogP contribution in [0.5, 0.6) is 0 Å². The molecule has 0 spiro atoms. The third kappa shape index (κ3) is 2.96. The van der Waals surface area contributed by atoms with Crippen molar-refractivity contribution in [1.82, 2.24) is 14.7 Å². The van der Waals surface area contributed by atoms with Crippen LogP contribution in [0.25, 0.3) is 0 Å². The van der Waals surface area contributed by atoms with Gasteiger partial charge in [-0.15, -0.1) is 0 Å². The van der Waals surface area contributed by atoms with Crippen molar-refractivity contribution in [3.63, 3.8) is 0 Å². The van der Waals surface area contributed by atoms with E-state index in [1.807, 2.05) is 0 Å². The first-order chi connectivity index (χ1) is 10.1. The maximum Gasteiger partial charge on any atom is 0.237 e. The molecule has 0 saturated carbocycles. The van der Waals surface area contributed by atoms with Crippen LogP contribution in [0.2, 0.25) is 0 Å². The normalized spacial score (nSPS) is 38.8. The lowest BCUT2D eigenvalue weighted by molar-refractivity contribution is -0.139. The van der Waals surface area contributed by atoms with Gasteiger partial charge in [0.25, 0.3) is 0 Å². The maximum atomic E-state index is 12.3. The average Bonchev–Trinajstić information content (AvgIpc) is 2.91. The van der Waals surface area contributed by atoms with Gasteiger partial charge in [0.05, 0.1) is 6.54 Å². The summed E-state index contributed by atoms with van der Waals surface area (Å²) in [5, 5.41) is 0. The van der Waals surface area contributed by atoms with Crippen molar-refractivity contribution in [1.29, 1.82) is 0 Å². The van der Waals surface area contributed by atoms with Gasteiger partial charge in [0.1, 0.15) is 0 Å². The van der Waals surface area contributed by atoms with Crippen molar-refractivity contribution in [2.45, 2.75) is 63.2 Å². The molecule has 2 N–H and O–H groups in total. The molecule has 3 rings (SSSR count). The standard InChI is InChI=1S/C16H30N4O/c1-3-5-12-8-15(14(17)10-18(12)2)19-9-13-6-4-7-20(13)16(21)11-19/h12-15H,3-11,17H2,1-2H3. The third-order valence-corrected chi connectivity index (χ3v) is 5.70. The summed E-state index contributed by atoms with van der Waals surface area (Å²) in [6, 6.07) is 1.62. The quantitative estimate of drug-likeness (QED) is 0.823. The highest BCUT2D eigenvalue weighted by Gasteiger charge is 2.42. The minimum atomic E-state index is 0.170. The van der Waals surface area contributed by atoms with Gasteiger partial charge in [-0.2, -0.15) is 0 Å². The Morgan fingerprint density at radius 2 is 2.14 bits per heavy atom. The number of hydrogen-bond donors (Lipinski definition) is 1. The molecule has 0 aromatic heterocycles. The predicted octanol–water partition coefficient (Wildman–Crippen LogP) is 0.493. The molecule has 0 bridgehead atoms. The van der Waals surface area contributed by atoms with Crippen LogP contribution in [0.1, 0.15) is 39.0 Å². The fourth-order valence-corrected chi connectivity index (χ4v) is 4.53. The Morgan fingerprint density at radius 3 is 2.90 bits per heavy atom. The summed E-state index contributed by atoms with van der Waals surface area (Å²) in [6.45, 7) is 5.78. The van der Waals surface area contributed by atoms with Crippen molar-refractivity contribution >= 4 is 5.91 Å². The molecule has 0 radical (unpaired) electrons. The van der Waals surface area contributed by atoms with E-state index >= 15 is 0 Å². The number of likely N-dealkylation sites (N-methyl/N-ethyl adjacent to an activating group) is 1. The summed E-state index contributed by atoms with van der Waals surface area (Å²) in [5.41, 5.74) is 6.43. The van der Waals surface area contributed by atoms with Gasteiger partial charge in [0.15, 0.2) is 0 Å². The zero-order valence-electron chi connectivity index (χ0n) is 13.5. The second-order valence-electron chi connectivity index (χ2n) is 7.16. The minimum Gasteiger partial charge on any atom is -0.337 e. The predicted molar refractivity (Wildman–Crippen MR) is 84.0 cm³/mol. The Morgan fingerprint density at radius 1 is 1.33 bits per heavy atom. The van der Waals surface area contributed by atoms with Gasteiger partial charge in [-0.25, -0.2) is 0 Å². The molecule has 120 valence electrons. The van der Waals surface area contributed by atoms with Gasteiger partial charge >= 0.3 is 0 Å². The van der Waals surface area contributed by atoms with Crippen LogP contribution >= 0.6 is 0 Å². The zero-order valence-corrected chi connectivity index (χ0v) is 13.5. The van der Waals surface area contributed by atoms with Crippen LogP contribution in [0.4, 0.5) is 0 Å². The van der Waals surface area contributed by atoms with Gasteiger partial charge in [-0.3, -0.25) is 9.69 Å². The lowest BCUT2D eigenvalue weighted by Gasteiger charge is -2.48. The van der Waals surface area contributed by atoms with Crippen molar-refractivity contribution in [3.05, 3.63) is 0 Å². The third-order valence-electron chi connectivity index (χ3n) is 5.70. The Labute approximate surface area is 128 Å². The monoisotopic (exact) mass is 294 g/mol. The fraction of sp³-hybridized carbons (Fsp3) is 0.938. The number of likely N-dealkylation sites (tertiary alicyclic amines) is 1. The highest BCUT2D eigenvalue weighted by atomic mass is 16.2. The van der Waals surface area contributed by atoms with E-state index in [0.29, 0.717) is 30.6 Å². The summed E-state index contributed by atoms with van der Waals surface area (Å²) in [5.74, 6) is 0.321. The Balaban J connectivity index is 1.68. The number of nitrogens with two attached hydrogens (primary N) is 1. The maximum absolute atomic E-state index is 12.3. The van der Waals surface area contributed by atoms with E-state index in [-0.39, 0.29) is 6.04 Å². The Hall–Kier alpha value is -0.650. The molecule has 0 aliphatic carbocycles. The van der Waals surface area contributed by atoms with E-state index < -0.39 is 0 Å². The van der Waals surface area contributed by atoms with Gasteiger partial charge in [0, 0.05) is 43.8 Å². The Bertz CT molecular complexity index is 388. The topological polar surface area (TPSA) is 52.8 Å². The molecule has 5 nitrogen and oxygen atoms in total. The molecule has 4 atom stereocenters. The van der Waals surface area contributed by atoms with E-state index in [4.69, 9.17) is 5.73 Å². The Kier molecular flexibility index (Phi) is 4.52. The zero-order chi connectivity index (χ0) is 15.0. The number of fused-ring (bicyclic) bond motifs is 1. The average molecular weight is 294 g/mol. The number of amides is 1. The number of carbonyl (C=O) groups excluding carboxylic acids is 1. The lowest BCUT2D eigenvalue weighted by Crippen LogP contribution is -2.65. The number of nitrogens with zero attached hydrogens (tertiary/aromatic N) is 3. The molecular formula is C16H30N4O. The number of carbonyl (C=O) groups is 1. The van der Waals surface area contributed by atoms with Crippen molar-refractivity contribution in [2.24, 2.45) is 5.73 Å². The molecule has 1 amide bonds. The van der Waals surface area contributed by atoms with E-state index in [9.17, 15) is 4.79 Å². The molecule has 3 fully saturated rings. The van der Waals surface area contributed by atoms with Crippen LogP contribution < -0.4 is 5.73 Å². The lowest BCUT2D eigenvalue weighted by atomic mass is 9.89. The van der Waals surface area contributed by atoms with Crippen molar-refractivity contribution < 1.29 is 4.79 Å². The van der Waals surface area contributed by atoms with Crippen LogP contribution in [-0.4, -0.2) is 78.0 Å². The number of hydrogen-bond acceptors (Lipinski definition) is 4. The summed E-state index contributed by atoms with van der Waals surface area (Å²) in [4.78, 5) is 19.3. The molecule has 3 heterocycles. The van der Waals surface area contributed by atoms with Gasteiger partial charge in [0.2, 0.25) is 5.91 Å². The molecule has 5 heteroatoms. The number of piperazine rings is 1. The molecule has 3 aliphatic rings. The van der Waals surface area contributed by atoms with Gasteiger partial charge in [-0.05, 0) is 32.7 Å². The highest BCUT2D eigenvalue weighted by Crippen LogP contribution is 2.28. The van der Waals surface area contributed by atoms with E-state index in [1.165, 1.54) is 25.7 Å². The van der Waals surface area contributed by atoms with E-state index in [0.717, 1.165) is 26.1 Å². The van der Waals surface area contributed by atoms with Crippen molar-refractivity contribution in [3.8, 4) is 0 Å². The first-order valence-corrected chi connectivity index (χ1v) is 8.59. The molecule has 0 aromatic rings. The molecule has 0 aromatic carbocycles. The number of rotatable bonds is 3. The molecular weight excluding hydrogens is 264 g/mol. The number of piperidine rings is 1. The SMILES string of the molecule is CCCC1CC(N2CC(=O)N3CCCC3C2)C(N)CN1C. The van der Waals surface area contributed by atoms with Crippen LogP contribution in [-0.2, 0) is 4.79 Å². The molecule has 4 unspecified atom stereocenters. The second-order valence-corrected chi connectivity index (χ2v) is 7.16. The summed E-state index contributed by atoms with van der Waals surface area (Å²) in [7, 11) is 2.19. The first-order valence-electron chi connectivity index (χ1n) is 8.59. The molecule has 3 aliphatic heterocycles. The van der Waals surface area contributed by atoms with Crippen LogP contribution in [0, 0.1) is 0 Å². The second kappa shape index (κ2) is 6.23. The molecule has 3 saturated heterocycles. The van der Waals surface area contributed by atoms with Crippen LogP contribution in [0.3, 0.4) is 0 Å². The van der Waals surface area contributed by atoms with Gasteiger partial charge < -0.3 is 15.5 Å². The fourth-order valence-electron chi connectivity index (χ4n) is 4.53. The van der Waals surface area contributed by atoms with Gasteiger partial charge in [-0.1, -0.05) is 13.3 Å². The van der Waals surface area contributed by atoms with Crippen LogP contribution in [0.15, 0.2) is 0 Å². The largest absolute Gasteiger partial charge is 0.337 e. The summed E-state index contributed by atoms with van der Waals surface area (Å²) in [6.07, 6.45) is 5.90. The summed E-state index contributed by atoms with van der Waals surface area (Å²) < 4.78 is 0. The highest BCUT2D eigenvalue weighted by molar-refractivity contribution is 5.79. The summed E-state index contributed by atoms with van der Waals surface area (Å²) >= 11 is 0. The van der Waals surface area contributed by atoms with Crippen molar-refractivity contribution in [2.75, 3.05) is 33.2 Å². The van der Waals surface area contributed by atoms with E-state index in [2.05, 4.69) is 28.7 Å². The smallest absolute Gasteiger partial charge is 0.237 e. The van der Waals surface area contributed by atoms with E-state index in [1.54, 1.807) is 0 Å². The molecule has 21 heavy (non-hydrogen) atoms. The first kappa shape index (κ1) is 15.3. The minimum absolute atomic E-state index is 0.170.